The zero-order chi connectivity index (χ0) is 15.2. The fourth-order valence-corrected chi connectivity index (χ4v) is 1.95. The van der Waals surface area contributed by atoms with E-state index in [1.165, 1.54) is 0 Å². The standard InChI is InChI=1S/C17H18O4/c1-12(18)13-7-9-14(10-8-13)17(19)21-11-15-5-3-4-6-16(15)20-2/h3-10,12,18H,11H2,1-2H3. The van der Waals surface area contributed by atoms with Gasteiger partial charge in [0, 0.05) is 5.56 Å². The number of carbonyl (C=O) groups is 1. The van der Waals surface area contributed by atoms with Gasteiger partial charge in [-0.25, -0.2) is 4.79 Å². The van der Waals surface area contributed by atoms with E-state index in [9.17, 15) is 9.90 Å². The minimum Gasteiger partial charge on any atom is -0.496 e. The minimum atomic E-state index is -0.552. The number of benzene rings is 2. The SMILES string of the molecule is COc1ccccc1COC(=O)c1ccc(C(C)O)cc1. The number of carbonyl (C=O) groups excluding carboxylic acids is 1. The van der Waals surface area contributed by atoms with Gasteiger partial charge in [-0.05, 0) is 30.7 Å². The number of methoxy groups -OCH3 is 1. The molecular weight excluding hydrogens is 268 g/mol. The molecule has 0 spiro atoms. The smallest absolute Gasteiger partial charge is 0.338 e. The first kappa shape index (κ1) is 15.1. The molecule has 21 heavy (non-hydrogen) atoms. The fraction of sp³-hybridized carbons (Fsp3) is 0.235. The van der Waals surface area contributed by atoms with Crippen LogP contribution in [0.4, 0.5) is 0 Å². The second-order valence-corrected chi connectivity index (χ2v) is 4.69. The molecule has 0 saturated carbocycles. The van der Waals surface area contributed by atoms with Crippen molar-refractivity contribution in [1.82, 2.24) is 0 Å². The summed E-state index contributed by atoms with van der Waals surface area (Å²) < 4.78 is 10.5. The van der Waals surface area contributed by atoms with Gasteiger partial charge in [-0.2, -0.15) is 0 Å². The van der Waals surface area contributed by atoms with E-state index >= 15 is 0 Å². The van der Waals surface area contributed by atoms with Gasteiger partial charge in [0.25, 0.3) is 0 Å². The number of hydrogen-bond donors (Lipinski definition) is 1. The van der Waals surface area contributed by atoms with Crippen molar-refractivity contribution in [3.63, 3.8) is 0 Å². The van der Waals surface area contributed by atoms with Crippen LogP contribution in [0.25, 0.3) is 0 Å². The molecule has 1 atom stereocenters. The number of aliphatic hydroxyl groups is 1. The number of esters is 1. The van der Waals surface area contributed by atoms with Gasteiger partial charge in [-0.3, -0.25) is 0 Å². The molecule has 0 amide bonds. The normalized spacial score (nSPS) is 11.8. The monoisotopic (exact) mass is 286 g/mol. The van der Waals surface area contributed by atoms with E-state index in [4.69, 9.17) is 9.47 Å². The third-order valence-electron chi connectivity index (χ3n) is 3.18. The Kier molecular flexibility index (Phi) is 4.95. The molecule has 2 aromatic carbocycles. The Hall–Kier alpha value is -2.33. The molecule has 1 N–H and O–H groups in total. The lowest BCUT2D eigenvalue weighted by Gasteiger charge is -2.09. The van der Waals surface area contributed by atoms with Crippen molar-refractivity contribution in [1.29, 1.82) is 0 Å². The molecule has 2 rings (SSSR count). The molecule has 0 bridgehead atoms. The number of ether oxygens (including phenoxy) is 2. The van der Waals surface area contributed by atoms with Crippen LogP contribution in [0.5, 0.6) is 5.75 Å². The van der Waals surface area contributed by atoms with Gasteiger partial charge in [-0.15, -0.1) is 0 Å². The summed E-state index contributed by atoms with van der Waals surface area (Å²) in [5.74, 6) is 0.285. The third kappa shape index (κ3) is 3.83. The van der Waals surface area contributed by atoms with Gasteiger partial charge in [-0.1, -0.05) is 30.3 Å². The second-order valence-electron chi connectivity index (χ2n) is 4.69. The zero-order valence-corrected chi connectivity index (χ0v) is 12.1. The summed E-state index contributed by atoms with van der Waals surface area (Å²) in [5.41, 5.74) is 2.03. The lowest BCUT2D eigenvalue weighted by molar-refractivity contribution is 0.0470. The lowest BCUT2D eigenvalue weighted by Crippen LogP contribution is -2.06. The first-order valence-corrected chi connectivity index (χ1v) is 6.69. The van der Waals surface area contributed by atoms with E-state index in [0.717, 1.165) is 11.1 Å². The van der Waals surface area contributed by atoms with Gasteiger partial charge >= 0.3 is 5.97 Å². The summed E-state index contributed by atoms with van der Waals surface area (Å²) in [7, 11) is 1.58. The maximum Gasteiger partial charge on any atom is 0.338 e. The van der Waals surface area contributed by atoms with E-state index in [0.29, 0.717) is 11.3 Å². The van der Waals surface area contributed by atoms with Crippen LogP contribution in [0.15, 0.2) is 48.5 Å². The predicted molar refractivity (Wildman–Crippen MR) is 79.2 cm³/mol. The van der Waals surface area contributed by atoms with Gasteiger partial charge in [0.15, 0.2) is 0 Å². The molecule has 0 aliphatic rings. The van der Waals surface area contributed by atoms with Crippen LogP contribution in [0.1, 0.15) is 34.5 Å². The highest BCUT2D eigenvalue weighted by atomic mass is 16.5. The maximum absolute atomic E-state index is 12.0. The van der Waals surface area contributed by atoms with Gasteiger partial charge < -0.3 is 14.6 Å². The highest BCUT2D eigenvalue weighted by Crippen LogP contribution is 2.19. The van der Waals surface area contributed by atoms with E-state index in [2.05, 4.69) is 0 Å². The van der Waals surface area contributed by atoms with E-state index in [-0.39, 0.29) is 6.61 Å². The van der Waals surface area contributed by atoms with Crippen LogP contribution in [-0.2, 0) is 11.3 Å². The van der Waals surface area contributed by atoms with Crippen molar-refractivity contribution in [2.45, 2.75) is 19.6 Å². The van der Waals surface area contributed by atoms with Gasteiger partial charge in [0.1, 0.15) is 12.4 Å². The molecule has 0 fully saturated rings. The Morgan fingerprint density at radius 1 is 1.14 bits per heavy atom. The van der Waals surface area contributed by atoms with Crippen molar-refractivity contribution < 1.29 is 19.4 Å². The van der Waals surface area contributed by atoms with Gasteiger partial charge in [0.05, 0.1) is 18.8 Å². The molecule has 0 aromatic heterocycles. The zero-order valence-electron chi connectivity index (χ0n) is 12.1. The van der Waals surface area contributed by atoms with Crippen LogP contribution < -0.4 is 4.74 Å². The number of hydrogen-bond acceptors (Lipinski definition) is 4. The summed E-state index contributed by atoms with van der Waals surface area (Å²) in [6.45, 7) is 1.83. The fourth-order valence-electron chi connectivity index (χ4n) is 1.95. The Balaban J connectivity index is 2.01. The molecule has 0 heterocycles. The average Bonchev–Trinajstić information content (AvgIpc) is 2.52. The highest BCUT2D eigenvalue weighted by Gasteiger charge is 2.10. The number of aliphatic hydroxyl groups excluding tert-OH is 1. The highest BCUT2D eigenvalue weighted by molar-refractivity contribution is 5.89. The second kappa shape index (κ2) is 6.90. The first-order chi connectivity index (χ1) is 10.1. The molecule has 2 aromatic rings. The Bertz CT molecular complexity index is 602. The Labute approximate surface area is 123 Å². The number of rotatable bonds is 5. The molecule has 0 aliphatic heterocycles. The van der Waals surface area contributed by atoms with Crippen LogP contribution in [0, 0.1) is 0 Å². The minimum absolute atomic E-state index is 0.154. The van der Waals surface area contributed by atoms with Crippen LogP contribution >= 0.6 is 0 Å². The average molecular weight is 286 g/mol. The predicted octanol–water partition coefficient (Wildman–Crippen LogP) is 3.11. The quantitative estimate of drug-likeness (QED) is 0.858. The summed E-state index contributed by atoms with van der Waals surface area (Å²) in [4.78, 5) is 12.0. The molecule has 0 saturated heterocycles. The molecule has 110 valence electrons. The molecular formula is C17H18O4. The molecule has 4 heteroatoms. The van der Waals surface area contributed by atoms with Crippen LogP contribution in [0.2, 0.25) is 0 Å². The van der Waals surface area contributed by atoms with Crippen molar-refractivity contribution in [2.75, 3.05) is 7.11 Å². The van der Waals surface area contributed by atoms with E-state index in [1.807, 2.05) is 24.3 Å². The van der Waals surface area contributed by atoms with E-state index < -0.39 is 12.1 Å². The topological polar surface area (TPSA) is 55.8 Å². The Morgan fingerprint density at radius 3 is 2.43 bits per heavy atom. The van der Waals surface area contributed by atoms with Gasteiger partial charge in [0.2, 0.25) is 0 Å². The number of para-hydroxylation sites is 1. The lowest BCUT2D eigenvalue weighted by atomic mass is 10.1. The Morgan fingerprint density at radius 2 is 1.81 bits per heavy atom. The van der Waals surface area contributed by atoms with Crippen molar-refractivity contribution in [3.05, 3.63) is 65.2 Å². The van der Waals surface area contributed by atoms with Crippen LogP contribution in [0.3, 0.4) is 0 Å². The summed E-state index contributed by atoms with van der Waals surface area (Å²) in [6.07, 6.45) is -0.552. The van der Waals surface area contributed by atoms with Crippen LogP contribution in [-0.4, -0.2) is 18.2 Å². The van der Waals surface area contributed by atoms with Crippen molar-refractivity contribution in [3.8, 4) is 5.75 Å². The van der Waals surface area contributed by atoms with Crippen molar-refractivity contribution >= 4 is 5.97 Å². The summed E-state index contributed by atoms with van der Waals surface area (Å²) in [6, 6.07) is 14.1. The maximum atomic E-state index is 12.0. The molecule has 0 radical (unpaired) electrons. The summed E-state index contributed by atoms with van der Waals surface area (Å²) in [5, 5.41) is 9.43. The molecule has 4 nitrogen and oxygen atoms in total. The van der Waals surface area contributed by atoms with Crippen molar-refractivity contribution in [2.24, 2.45) is 0 Å². The molecule has 0 aliphatic carbocycles. The third-order valence-corrected chi connectivity index (χ3v) is 3.18. The largest absolute Gasteiger partial charge is 0.496 e. The first-order valence-electron chi connectivity index (χ1n) is 6.69. The summed E-state index contributed by atoms with van der Waals surface area (Å²) >= 11 is 0. The molecule has 1 unspecified atom stereocenters. The van der Waals surface area contributed by atoms with E-state index in [1.54, 1.807) is 38.3 Å².